The van der Waals surface area contributed by atoms with E-state index in [4.69, 9.17) is 13.8 Å². The van der Waals surface area contributed by atoms with Gasteiger partial charge in [0, 0.05) is 12.2 Å². The molecule has 0 bridgehead atoms. The Labute approximate surface area is 135 Å². The minimum absolute atomic E-state index is 0.238. The molecule has 6 heteroatoms. The van der Waals surface area contributed by atoms with E-state index in [0.717, 1.165) is 0 Å². The number of hydrogen-bond acceptors (Lipinski definition) is 5. The van der Waals surface area contributed by atoms with Crippen molar-refractivity contribution in [2.24, 2.45) is 0 Å². The van der Waals surface area contributed by atoms with Gasteiger partial charge in [0.25, 0.3) is 0 Å². The van der Waals surface area contributed by atoms with Crippen LogP contribution < -0.4 is 0 Å². The Morgan fingerprint density at radius 1 is 1.04 bits per heavy atom. The van der Waals surface area contributed by atoms with E-state index in [2.05, 4.69) is 0 Å². The van der Waals surface area contributed by atoms with Crippen LogP contribution in [0.25, 0.3) is 0 Å². The fraction of sp³-hybridized carbons (Fsp3) is 0.235. The van der Waals surface area contributed by atoms with Gasteiger partial charge in [0.05, 0.1) is 12.2 Å². The van der Waals surface area contributed by atoms with Gasteiger partial charge >= 0.3 is 13.6 Å². The number of carbonyl (C=O) groups excluding carboxylic acids is 1. The number of hydrogen-bond donors (Lipinski definition) is 0. The molecule has 0 aromatic heterocycles. The fourth-order valence-corrected chi connectivity index (χ4v) is 2.98. The van der Waals surface area contributed by atoms with Crippen molar-refractivity contribution < 1.29 is 23.1 Å². The number of esters is 1. The molecular weight excluding hydrogens is 315 g/mol. The maximum Gasteiger partial charge on any atom is 0.340 e. The molecule has 0 aliphatic rings. The molecule has 122 valence electrons. The summed E-state index contributed by atoms with van der Waals surface area (Å²) in [4.78, 5) is 12.2. The van der Waals surface area contributed by atoms with E-state index in [1.807, 2.05) is 6.07 Å². The van der Waals surface area contributed by atoms with Gasteiger partial charge in [0.1, 0.15) is 0 Å². The van der Waals surface area contributed by atoms with E-state index in [9.17, 15) is 9.36 Å². The Bertz CT molecular complexity index is 672. The van der Waals surface area contributed by atoms with E-state index in [1.165, 1.54) is 6.66 Å². The zero-order valence-corrected chi connectivity index (χ0v) is 13.9. The first-order chi connectivity index (χ1) is 11.0. The minimum atomic E-state index is -3.34. The molecule has 2 rings (SSSR count). The van der Waals surface area contributed by atoms with Crippen molar-refractivity contribution in [3.63, 3.8) is 0 Å². The van der Waals surface area contributed by atoms with Crippen LogP contribution in [-0.2, 0) is 18.3 Å². The third-order valence-corrected chi connectivity index (χ3v) is 4.25. The Hall–Kier alpha value is -1.94. The third-order valence-electron chi connectivity index (χ3n) is 2.95. The lowest BCUT2D eigenvalue weighted by Gasteiger charge is -2.22. The van der Waals surface area contributed by atoms with Crippen LogP contribution in [0.2, 0.25) is 0 Å². The SMILES string of the molecule is CCOP(C)(=O)OC(OC(=O)c1ccccc1)c1ccccc1. The zero-order chi connectivity index (χ0) is 16.7. The van der Waals surface area contributed by atoms with Crippen molar-refractivity contribution in [1.29, 1.82) is 0 Å². The van der Waals surface area contributed by atoms with E-state index in [0.29, 0.717) is 11.1 Å². The second-order valence-electron chi connectivity index (χ2n) is 4.81. The molecule has 0 aliphatic carbocycles. The van der Waals surface area contributed by atoms with Crippen molar-refractivity contribution in [2.75, 3.05) is 13.3 Å². The maximum absolute atomic E-state index is 12.3. The van der Waals surface area contributed by atoms with Crippen LogP contribution in [0.15, 0.2) is 60.7 Å². The maximum atomic E-state index is 12.3. The van der Waals surface area contributed by atoms with Gasteiger partial charge in [-0.25, -0.2) is 4.79 Å². The van der Waals surface area contributed by atoms with Gasteiger partial charge in [0.15, 0.2) is 0 Å². The van der Waals surface area contributed by atoms with Gasteiger partial charge in [-0.05, 0) is 19.1 Å². The molecule has 23 heavy (non-hydrogen) atoms. The normalized spacial score (nSPS) is 14.7. The molecule has 0 saturated carbocycles. The summed E-state index contributed by atoms with van der Waals surface area (Å²) in [5, 5.41) is 0. The average Bonchev–Trinajstić information content (AvgIpc) is 2.55. The molecule has 0 aliphatic heterocycles. The van der Waals surface area contributed by atoms with Crippen molar-refractivity contribution >= 4 is 13.6 Å². The molecule has 5 nitrogen and oxygen atoms in total. The molecule has 0 spiro atoms. The second-order valence-corrected chi connectivity index (χ2v) is 6.82. The summed E-state index contributed by atoms with van der Waals surface area (Å²) in [6.07, 6.45) is -1.11. The predicted molar refractivity (Wildman–Crippen MR) is 87.3 cm³/mol. The Morgan fingerprint density at radius 3 is 2.17 bits per heavy atom. The van der Waals surface area contributed by atoms with Gasteiger partial charge < -0.3 is 9.26 Å². The van der Waals surface area contributed by atoms with Crippen LogP contribution in [0.3, 0.4) is 0 Å². The molecule has 0 fully saturated rings. The summed E-state index contributed by atoms with van der Waals surface area (Å²) >= 11 is 0. The van der Waals surface area contributed by atoms with E-state index >= 15 is 0 Å². The highest BCUT2D eigenvalue weighted by Gasteiger charge is 2.27. The summed E-state index contributed by atoms with van der Waals surface area (Å²) in [5.41, 5.74) is 0.970. The van der Waals surface area contributed by atoms with Crippen LogP contribution in [0, 0.1) is 0 Å². The summed E-state index contributed by atoms with van der Waals surface area (Å²) in [6.45, 7) is 3.30. The second kappa shape index (κ2) is 8.06. The summed E-state index contributed by atoms with van der Waals surface area (Å²) in [7, 11) is -3.34. The smallest absolute Gasteiger partial charge is 0.340 e. The lowest BCUT2D eigenvalue weighted by Crippen LogP contribution is -2.14. The van der Waals surface area contributed by atoms with Crippen molar-refractivity contribution in [3.8, 4) is 0 Å². The Morgan fingerprint density at radius 2 is 1.61 bits per heavy atom. The van der Waals surface area contributed by atoms with Gasteiger partial charge in [-0.15, -0.1) is 0 Å². The largest absolute Gasteiger partial charge is 0.427 e. The van der Waals surface area contributed by atoms with Crippen LogP contribution in [-0.4, -0.2) is 19.2 Å². The quantitative estimate of drug-likeness (QED) is 0.426. The van der Waals surface area contributed by atoms with Crippen LogP contribution >= 0.6 is 7.60 Å². The molecule has 0 radical (unpaired) electrons. The monoisotopic (exact) mass is 334 g/mol. The average molecular weight is 334 g/mol. The highest BCUT2D eigenvalue weighted by Crippen LogP contribution is 2.48. The molecule has 0 amide bonds. The number of ether oxygens (including phenoxy) is 1. The molecule has 2 aromatic carbocycles. The van der Waals surface area contributed by atoms with E-state index in [1.54, 1.807) is 61.5 Å². The van der Waals surface area contributed by atoms with Crippen LogP contribution in [0.4, 0.5) is 0 Å². The Kier molecular flexibility index (Phi) is 6.11. The molecule has 0 N–H and O–H groups in total. The van der Waals surface area contributed by atoms with E-state index in [-0.39, 0.29) is 6.61 Å². The van der Waals surface area contributed by atoms with Crippen molar-refractivity contribution in [1.82, 2.24) is 0 Å². The topological polar surface area (TPSA) is 61.8 Å². The summed E-state index contributed by atoms with van der Waals surface area (Å²) in [5.74, 6) is -0.559. The van der Waals surface area contributed by atoms with Crippen LogP contribution in [0.5, 0.6) is 0 Å². The van der Waals surface area contributed by atoms with Gasteiger partial charge in [0.2, 0.25) is 6.29 Å². The van der Waals surface area contributed by atoms with Crippen molar-refractivity contribution in [3.05, 3.63) is 71.8 Å². The highest BCUT2D eigenvalue weighted by atomic mass is 31.2. The number of benzene rings is 2. The molecular formula is C17H19O5P. The number of carbonyl (C=O) groups is 1. The summed E-state index contributed by atoms with van der Waals surface area (Å²) in [6, 6.07) is 17.4. The first kappa shape index (κ1) is 17.4. The molecule has 2 aromatic rings. The van der Waals surface area contributed by atoms with Crippen LogP contribution in [0.1, 0.15) is 29.1 Å². The predicted octanol–water partition coefficient (Wildman–Crippen LogP) is 4.42. The highest BCUT2D eigenvalue weighted by molar-refractivity contribution is 7.52. The summed E-state index contributed by atoms with van der Waals surface area (Å²) < 4.78 is 28.2. The molecule has 0 heterocycles. The molecule has 2 unspecified atom stereocenters. The van der Waals surface area contributed by atoms with E-state index < -0.39 is 19.9 Å². The van der Waals surface area contributed by atoms with Crippen molar-refractivity contribution in [2.45, 2.75) is 13.2 Å². The third kappa shape index (κ3) is 5.32. The minimum Gasteiger partial charge on any atom is -0.427 e. The number of rotatable bonds is 7. The first-order valence-corrected chi connectivity index (χ1v) is 9.22. The zero-order valence-electron chi connectivity index (χ0n) is 13.0. The van der Waals surface area contributed by atoms with Gasteiger partial charge in [-0.2, -0.15) is 0 Å². The van der Waals surface area contributed by atoms with Gasteiger partial charge in [-0.3, -0.25) is 9.09 Å². The molecule has 2 atom stereocenters. The lowest BCUT2D eigenvalue weighted by molar-refractivity contribution is -0.0565. The first-order valence-electron chi connectivity index (χ1n) is 7.23. The standard InChI is InChI=1S/C17H19O5P/c1-3-20-23(2,19)22-17(15-12-8-5-9-13-15)21-16(18)14-10-6-4-7-11-14/h4-13,17H,3H2,1-2H3. The van der Waals surface area contributed by atoms with Gasteiger partial charge in [-0.1, -0.05) is 48.5 Å². The fourth-order valence-electron chi connectivity index (χ4n) is 1.94. The molecule has 0 saturated heterocycles. The lowest BCUT2D eigenvalue weighted by atomic mass is 10.2. The Balaban J connectivity index is 2.20.